The molecule has 0 atom stereocenters. The first kappa shape index (κ1) is 27.0. The number of hydrogen-bond donors (Lipinski definition) is 1. The van der Waals surface area contributed by atoms with Crippen LogP contribution >= 0.6 is 26.8 Å². The highest BCUT2D eigenvalue weighted by Crippen LogP contribution is 2.78. The molecule has 0 spiro atoms. The van der Waals surface area contributed by atoms with Crippen molar-refractivity contribution in [3.05, 3.63) is 28.8 Å². The second-order valence-electron chi connectivity index (χ2n) is 6.51. The number of hydrogen-bond acceptors (Lipinski definition) is 10. The fourth-order valence-electron chi connectivity index (χ4n) is 3.22. The van der Waals surface area contributed by atoms with Crippen LogP contribution in [0.1, 0.15) is 44.5 Å². The number of nitrogens with one attached hydrogen (secondary N) is 1. The molecule has 0 saturated carbocycles. The van der Waals surface area contributed by atoms with E-state index in [1.807, 2.05) is 0 Å². The minimum Gasteiger partial charge on any atom is -0.495 e. The molecule has 1 heterocycles. The fourth-order valence-corrected chi connectivity index (χ4v) is 8.70. The molecule has 0 bridgehead atoms. The second kappa shape index (κ2) is 11.3. The van der Waals surface area contributed by atoms with Gasteiger partial charge in [0.05, 0.1) is 38.6 Å². The van der Waals surface area contributed by atoms with E-state index in [9.17, 15) is 13.9 Å². The summed E-state index contributed by atoms with van der Waals surface area (Å²) in [5.74, 6) is -0.201. The average molecular weight is 511 g/mol. The van der Waals surface area contributed by atoms with Gasteiger partial charge in [0.1, 0.15) is 11.5 Å². The maximum atomic E-state index is 13.9. The highest BCUT2D eigenvalue weighted by atomic mass is 35.5. The number of ketones is 1. The molecule has 0 saturated heterocycles. The molecule has 0 aromatic heterocycles. The van der Waals surface area contributed by atoms with Crippen LogP contribution in [0.5, 0.6) is 5.75 Å². The maximum Gasteiger partial charge on any atom is 0.370 e. The number of hydrazone groups is 1. The van der Waals surface area contributed by atoms with Gasteiger partial charge in [0, 0.05) is 12.0 Å². The van der Waals surface area contributed by atoms with Gasteiger partial charge in [0.2, 0.25) is 5.78 Å². The number of carbonyl (C=O) groups excluding carboxylic acids is 1. The summed E-state index contributed by atoms with van der Waals surface area (Å²) in [6.45, 7) is 6.46. The molecular weight excluding hydrogens is 482 g/mol. The van der Waals surface area contributed by atoms with Gasteiger partial charge in [0.15, 0.2) is 0 Å². The number of nitrogens with zero attached hydrogens (tertiary/aromatic N) is 1. The Morgan fingerprint density at radius 3 is 1.97 bits per heavy atom. The highest BCUT2D eigenvalue weighted by Gasteiger charge is 2.68. The van der Waals surface area contributed by atoms with Crippen molar-refractivity contribution in [1.29, 1.82) is 0 Å². The predicted molar refractivity (Wildman–Crippen MR) is 122 cm³/mol. The number of halogens is 1. The molecule has 10 nitrogen and oxygen atoms in total. The molecule has 1 N–H and O–H groups in total. The minimum absolute atomic E-state index is 0.00335. The van der Waals surface area contributed by atoms with E-state index in [4.69, 9.17) is 34.4 Å². The molecule has 0 radical (unpaired) electrons. The molecule has 2 rings (SSSR count). The molecule has 0 unspecified atom stereocenters. The van der Waals surface area contributed by atoms with Gasteiger partial charge in [-0.2, -0.15) is 5.10 Å². The topological polar surface area (TPSA) is 122 Å². The minimum atomic E-state index is -4.21. The summed E-state index contributed by atoms with van der Waals surface area (Å²) in [6, 6.07) is 4.48. The first-order valence-electron chi connectivity index (χ1n) is 10.2. The monoisotopic (exact) mass is 510 g/mol. The van der Waals surface area contributed by atoms with Crippen molar-refractivity contribution in [1.82, 2.24) is 5.43 Å². The lowest BCUT2D eigenvalue weighted by Gasteiger charge is -2.38. The molecule has 13 heteroatoms. The summed E-state index contributed by atoms with van der Waals surface area (Å²) >= 11 is 6.05. The van der Waals surface area contributed by atoms with Crippen LogP contribution in [0.25, 0.3) is 0 Å². The van der Waals surface area contributed by atoms with Gasteiger partial charge in [0.25, 0.3) is 5.02 Å². The highest BCUT2D eigenvalue weighted by molar-refractivity contribution is 7.74. The van der Waals surface area contributed by atoms with E-state index >= 15 is 0 Å². The molecule has 32 heavy (non-hydrogen) atoms. The summed E-state index contributed by atoms with van der Waals surface area (Å²) in [4.78, 5) is 13.2. The third-order valence-corrected chi connectivity index (χ3v) is 11.1. The fraction of sp³-hybridized carbons (Fsp3) is 0.579. The van der Waals surface area contributed by atoms with E-state index in [0.717, 1.165) is 0 Å². The quantitative estimate of drug-likeness (QED) is 0.286. The maximum absolute atomic E-state index is 13.9. The molecule has 1 aromatic carbocycles. The number of benzene rings is 1. The van der Waals surface area contributed by atoms with Crippen LogP contribution in [0.15, 0.2) is 23.3 Å². The van der Waals surface area contributed by atoms with Gasteiger partial charge in [-0.1, -0.05) is 11.6 Å². The molecule has 0 amide bonds. The third kappa shape index (κ3) is 4.97. The molecule has 180 valence electrons. The van der Waals surface area contributed by atoms with Crippen molar-refractivity contribution in [2.75, 3.05) is 33.5 Å². The lowest BCUT2D eigenvalue weighted by Crippen LogP contribution is -2.42. The summed E-state index contributed by atoms with van der Waals surface area (Å²) in [7, 11) is -6.99. The van der Waals surface area contributed by atoms with Crippen molar-refractivity contribution < 1.29 is 36.8 Å². The summed E-state index contributed by atoms with van der Waals surface area (Å²) in [6.07, 6.45) is -0.370. The number of Topliss-reactive ketones (excluding diaryl/α,β-unsaturated/α-hetero) is 1. The second-order valence-corrected chi connectivity index (χ2v) is 11.8. The largest absolute Gasteiger partial charge is 0.495 e. The van der Waals surface area contributed by atoms with Gasteiger partial charge < -0.3 is 22.8 Å². The van der Waals surface area contributed by atoms with Crippen molar-refractivity contribution in [3.63, 3.8) is 0 Å². The Kier molecular flexibility index (Phi) is 9.49. The third-order valence-electron chi connectivity index (χ3n) is 4.56. The predicted octanol–water partition coefficient (Wildman–Crippen LogP) is 5.07. The van der Waals surface area contributed by atoms with Gasteiger partial charge >= 0.3 is 15.2 Å². The van der Waals surface area contributed by atoms with Gasteiger partial charge in [-0.05, 0) is 45.9 Å². The Hall–Kier alpha value is -1.25. The van der Waals surface area contributed by atoms with Crippen molar-refractivity contribution in [2.45, 2.75) is 39.1 Å². The van der Waals surface area contributed by atoms with E-state index in [0.29, 0.717) is 10.8 Å². The van der Waals surface area contributed by atoms with Crippen molar-refractivity contribution in [2.24, 2.45) is 5.10 Å². The van der Waals surface area contributed by atoms with Crippen molar-refractivity contribution >= 4 is 38.3 Å². The van der Waals surface area contributed by atoms with E-state index in [1.54, 1.807) is 27.7 Å². The van der Waals surface area contributed by atoms with Crippen LogP contribution in [0, 0.1) is 0 Å². The first-order chi connectivity index (χ1) is 15.2. The first-order valence-corrected chi connectivity index (χ1v) is 13.6. The van der Waals surface area contributed by atoms with E-state index < -0.39 is 26.0 Å². The SMILES string of the molecule is CCOP(=O)(OCC)C1(P(=O)(OCC)OCC)CC(C(=O)c2ccc(Cl)c(OC)c2)=NN1. The Morgan fingerprint density at radius 1 is 1.03 bits per heavy atom. The number of ether oxygens (including phenoxy) is 1. The lowest BCUT2D eigenvalue weighted by atomic mass is 10.0. The van der Waals surface area contributed by atoms with Crippen LogP contribution in [0.3, 0.4) is 0 Å². The molecular formula is C19H29ClN2O8P2. The average Bonchev–Trinajstić information content (AvgIpc) is 3.22. The van der Waals surface area contributed by atoms with Crippen LogP contribution in [-0.2, 0) is 27.2 Å². The number of carbonyl (C=O) groups is 1. The summed E-state index contributed by atoms with van der Waals surface area (Å²) < 4.78 is 55.0. The Morgan fingerprint density at radius 2 is 1.53 bits per heavy atom. The van der Waals surface area contributed by atoms with Crippen LogP contribution in [0.4, 0.5) is 0 Å². The van der Waals surface area contributed by atoms with Crippen molar-refractivity contribution in [3.8, 4) is 5.75 Å². The van der Waals surface area contributed by atoms with Gasteiger partial charge in [-0.3, -0.25) is 19.4 Å². The summed E-state index contributed by atoms with van der Waals surface area (Å²) in [5.41, 5.74) is 2.80. The van der Waals surface area contributed by atoms with Gasteiger partial charge in [-0.25, -0.2) is 0 Å². The number of methoxy groups -OCH3 is 1. The van der Waals surface area contributed by atoms with Crippen LogP contribution < -0.4 is 10.2 Å². The molecule has 1 aromatic rings. The summed E-state index contributed by atoms with van der Waals surface area (Å²) in [5, 5.41) is 2.39. The Balaban J connectivity index is 2.56. The molecule has 1 aliphatic heterocycles. The van der Waals surface area contributed by atoms with Crippen LogP contribution in [-0.4, -0.2) is 50.1 Å². The molecule has 1 aliphatic rings. The smallest absolute Gasteiger partial charge is 0.370 e. The van der Waals surface area contributed by atoms with Gasteiger partial charge in [-0.15, -0.1) is 0 Å². The van der Waals surface area contributed by atoms with Crippen LogP contribution in [0.2, 0.25) is 5.02 Å². The van der Waals surface area contributed by atoms with E-state index in [-0.39, 0.29) is 44.1 Å². The molecule has 0 aliphatic carbocycles. The molecule has 0 fully saturated rings. The zero-order valence-corrected chi connectivity index (χ0v) is 21.3. The Labute approximate surface area is 193 Å². The van der Waals surface area contributed by atoms with E-state index in [2.05, 4.69) is 10.5 Å². The lowest BCUT2D eigenvalue weighted by molar-refractivity contribution is 0.106. The zero-order chi connectivity index (χ0) is 24.0. The zero-order valence-electron chi connectivity index (χ0n) is 18.8. The van der Waals surface area contributed by atoms with E-state index in [1.165, 1.54) is 25.3 Å². The normalized spacial score (nSPS) is 15.9. The standard InChI is InChI=1S/C19H29ClN2O8P2/c1-6-27-31(24,28-7-2)19(32(25,29-8-3)30-9-4)13-16(21-22-19)18(23)14-10-11-15(20)17(12-14)26-5/h10-12,22H,6-9,13H2,1-5H3. The Bertz CT molecular complexity index is 905. The number of rotatable bonds is 13.